The molecule has 0 unspecified atom stereocenters. The van der Waals surface area contributed by atoms with Gasteiger partial charge in [0.2, 0.25) is 0 Å². The van der Waals surface area contributed by atoms with Crippen LogP contribution in [0, 0.1) is 0 Å². The maximum atomic E-state index is 12.8. The molecule has 0 bridgehead atoms. The van der Waals surface area contributed by atoms with E-state index in [0.717, 1.165) is 25.2 Å². The minimum atomic E-state index is -0.539. The van der Waals surface area contributed by atoms with Gasteiger partial charge in [0, 0.05) is 19.8 Å². The maximum Gasteiger partial charge on any atom is 0.316 e. The van der Waals surface area contributed by atoms with Crippen LogP contribution in [0.4, 0.5) is 0 Å². The first-order valence-electron chi connectivity index (χ1n) is 8.25. The number of hydrogen-bond acceptors (Lipinski definition) is 4. The van der Waals surface area contributed by atoms with Crippen LogP contribution in [0.15, 0.2) is 30.3 Å². The van der Waals surface area contributed by atoms with Crippen LogP contribution in [0.2, 0.25) is 0 Å². The molecule has 0 aliphatic carbocycles. The molecule has 4 nitrogen and oxygen atoms in total. The Balaban J connectivity index is 0.00000264. The minimum Gasteiger partial charge on any atom is -1.00 e. The van der Waals surface area contributed by atoms with Crippen molar-refractivity contribution in [1.82, 2.24) is 4.90 Å². The van der Waals surface area contributed by atoms with Crippen molar-refractivity contribution in [3.8, 4) is 0 Å². The van der Waals surface area contributed by atoms with Gasteiger partial charge < -0.3 is 26.8 Å². The zero-order chi connectivity index (χ0) is 15.8. The molecule has 1 aliphatic heterocycles. The third-order valence-electron chi connectivity index (χ3n) is 4.60. The molecule has 1 aromatic rings. The Bertz CT molecular complexity index is 457. The van der Waals surface area contributed by atoms with E-state index in [1.165, 1.54) is 0 Å². The van der Waals surface area contributed by atoms with E-state index < -0.39 is 5.41 Å². The van der Waals surface area contributed by atoms with Gasteiger partial charge in [-0.15, -0.1) is 0 Å². The molecular weight excluding hydrogens is 314 g/mol. The zero-order valence-corrected chi connectivity index (χ0v) is 14.8. The lowest BCUT2D eigenvalue weighted by molar-refractivity contribution is -0.155. The summed E-state index contributed by atoms with van der Waals surface area (Å²) >= 11 is 0. The summed E-state index contributed by atoms with van der Waals surface area (Å²) < 4.78 is 11.1. The second-order valence-corrected chi connectivity index (χ2v) is 5.72. The van der Waals surface area contributed by atoms with Gasteiger partial charge in [0.1, 0.15) is 6.61 Å². The van der Waals surface area contributed by atoms with E-state index in [1.54, 1.807) is 0 Å². The highest BCUT2D eigenvalue weighted by atomic mass is 35.5. The molecule has 1 aliphatic rings. The maximum absolute atomic E-state index is 12.8. The van der Waals surface area contributed by atoms with Crippen molar-refractivity contribution in [1.29, 1.82) is 0 Å². The Labute approximate surface area is 145 Å². The highest BCUT2D eigenvalue weighted by molar-refractivity contribution is 5.83. The third-order valence-corrected chi connectivity index (χ3v) is 4.60. The fourth-order valence-corrected chi connectivity index (χ4v) is 3.03. The lowest BCUT2D eigenvalue weighted by atomic mass is 9.74. The van der Waals surface area contributed by atoms with Gasteiger partial charge in [0.15, 0.2) is 0 Å². The zero-order valence-electron chi connectivity index (χ0n) is 14.1. The van der Waals surface area contributed by atoms with E-state index in [-0.39, 0.29) is 18.4 Å². The van der Waals surface area contributed by atoms with E-state index in [2.05, 4.69) is 18.7 Å². The first kappa shape index (κ1) is 19.9. The molecule has 5 heteroatoms. The molecule has 0 saturated carbocycles. The van der Waals surface area contributed by atoms with E-state index in [9.17, 15) is 4.79 Å². The summed E-state index contributed by atoms with van der Waals surface area (Å²) in [6.07, 6.45) is 1.39. The van der Waals surface area contributed by atoms with Gasteiger partial charge in [-0.05, 0) is 31.5 Å². The van der Waals surface area contributed by atoms with Gasteiger partial charge in [0.25, 0.3) is 0 Å². The molecule has 2 rings (SSSR count). The highest BCUT2D eigenvalue weighted by Crippen LogP contribution is 2.36. The molecule has 1 fully saturated rings. The quantitative estimate of drug-likeness (QED) is 0.635. The fourth-order valence-electron chi connectivity index (χ4n) is 3.03. The number of rotatable bonds is 7. The molecule has 130 valence electrons. The van der Waals surface area contributed by atoms with E-state index in [4.69, 9.17) is 9.47 Å². The second kappa shape index (κ2) is 9.91. The summed E-state index contributed by atoms with van der Waals surface area (Å²) in [7, 11) is 0. The van der Waals surface area contributed by atoms with Crippen molar-refractivity contribution in [2.24, 2.45) is 0 Å². The molecule has 1 saturated heterocycles. The average Bonchev–Trinajstić information content (AvgIpc) is 2.60. The Morgan fingerprint density at radius 3 is 2.35 bits per heavy atom. The highest BCUT2D eigenvalue weighted by Gasteiger charge is 2.43. The van der Waals surface area contributed by atoms with Gasteiger partial charge in [-0.1, -0.05) is 44.2 Å². The van der Waals surface area contributed by atoms with Crippen LogP contribution in [-0.2, 0) is 19.7 Å². The molecular formula is C18H27ClNO3-. The Hall–Kier alpha value is -1.10. The molecule has 1 heterocycles. The standard InChI is InChI=1S/C18H27NO3.ClH/c1-3-19(4-2)12-15-22-17(20)18(10-13-21-14-11-18)16-8-6-5-7-9-16;/h5-9H,3-4,10-15H2,1-2H3;1H/p-1. The first-order chi connectivity index (χ1) is 10.7. The summed E-state index contributed by atoms with van der Waals surface area (Å²) in [6.45, 7) is 8.66. The normalized spacial score (nSPS) is 16.7. The Morgan fingerprint density at radius 1 is 1.17 bits per heavy atom. The van der Waals surface area contributed by atoms with Crippen LogP contribution in [0.5, 0.6) is 0 Å². The van der Waals surface area contributed by atoms with Gasteiger partial charge in [-0.2, -0.15) is 0 Å². The van der Waals surface area contributed by atoms with Crippen molar-refractivity contribution in [2.45, 2.75) is 32.1 Å². The van der Waals surface area contributed by atoms with Gasteiger partial charge in [-0.3, -0.25) is 4.79 Å². The predicted molar refractivity (Wildman–Crippen MR) is 86.9 cm³/mol. The monoisotopic (exact) mass is 340 g/mol. The predicted octanol–water partition coefficient (Wildman–Crippen LogP) is -0.376. The number of carbonyl (C=O) groups excluding carboxylic acids is 1. The lowest BCUT2D eigenvalue weighted by Crippen LogP contribution is -3.00. The summed E-state index contributed by atoms with van der Waals surface area (Å²) in [5.41, 5.74) is 0.508. The Kier molecular flexibility index (Phi) is 8.59. The molecule has 0 aromatic heterocycles. The molecule has 0 amide bonds. The smallest absolute Gasteiger partial charge is 0.316 e. The SMILES string of the molecule is CCN(CC)CCOC(=O)C1(c2ccccc2)CCOCC1.[Cl-]. The van der Waals surface area contributed by atoms with Crippen molar-refractivity contribution in [3.05, 3.63) is 35.9 Å². The third kappa shape index (κ3) is 4.93. The average molecular weight is 341 g/mol. The molecule has 0 atom stereocenters. The molecule has 0 spiro atoms. The number of benzene rings is 1. The van der Waals surface area contributed by atoms with Crippen molar-refractivity contribution in [3.63, 3.8) is 0 Å². The van der Waals surface area contributed by atoms with Crippen molar-refractivity contribution < 1.29 is 26.7 Å². The molecule has 0 radical (unpaired) electrons. The van der Waals surface area contributed by atoms with Crippen LogP contribution < -0.4 is 12.4 Å². The molecule has 1 aromatic carbocycles. The number of halogens is 1. The van der Waals surface area contributed by atoms with Crippen molar-refractivity contribution in [2.75, 3.05) is 39.5 Å². The van der Waals surface area contributed by atoms with E-state index in [0.29, 0.717) is 32.7 Å². The number of nitrogens with zero attached hydrogens (tertiary/aromatic N) is 1. The summed E-state index contributed by atoms with van der Waals surface area (Å²) in [5.74, 6) is -0.103. The largest absolute Gasteiger partial charge is 1.00 e. The van der Waals surface area contributed by atoms with Crippen LogP contribution in [0.25, 0.3) is 0 Å². The topological polar surface area (TPSA) is 38.8 Å². The summed E-state index contributed by atoms with van der Waals surface area (Å²) in [5, 5.41) is 0. The summed E-state index contributed by atoms with van der Waals surface area (Å²) in [6, 6.07) is 9.99. The van der Waals surface area contributed by atoms with Crippen molar-refractivity contribution >= 4 is 5.97 Å². The number of carbonyl (C=O) groups is 1. The summed E-state index contributed by atoms with van der Waals surface area (Å²) in [4.78, 5) is 15.0. The lowest BCUT2D eigenvalue weighted by Gasteiger charge is -2.35. The molecule has 23 heavy (non-hydrogen) atoms. The fraction of sp³-hybridized carbons (Fsp3) is 0.611. The van der Waals surface area contributed by atoms with Crippen LogP contribution in [-0.4, -0.2) is 50.3 Å². The van der Waals surface area contributed by atoms with Gasteiger partial charge in [0.05, 0.1) is 5.41 Å². The number of ether oxygens (including phenoxy) is 2. The minimum absolute atomic E-state index is 0. The van der Waals surface area contributed by atoms with E-state index in [1.807, 2.05) is 30.3 Å². The van der Waals surface area contributed by atoms with Gasteiger partial charge in [-0.25, -0.2) is 0 Å². The van der Waals surface area contributed by atoms with Crippen LogP contribution >= 0.6 is 0 Å². The Morgan fingerprint density at radius 2 is 1.78 bits per heavy atom. The second-order valence-electron chi connectivity index (χ2n) is 5.72. The number of esters is 1. The van der Waals surface area contributed by atoms with Crippen LogP contribution in [0.1, 0.15) is 32.3 Å². The van der Waals surface area contributed by atoms with Gasteiger partial charge >= 0.3 is 5.97 Å². The number of likely N-dealkylation sites (N-methyl/N-ethyl adjacent to an activating group) is 1. The molecule has 0 N–H and O–H groups in total. The van der Waals surface area contributed by atoms with E-state index >= 15 is 0 Å². The number of hydrogen-bond donors (Lipinski definition) is 0. The van der Waals surface area contributed by atoms with Crippen LogP contribution in [0.3, 0.4) is 0 Å². The first-order valence-corrected chi connectivity index (χ1v) is 8.25.